The van der Waals surface area contributed by atoms with E-state index in [9.17, 15) is 0 Å². The lowest BCUT2D eigenvalue weighted by Crippen LogP contribution is -2.22. The van der Waals surface area contributed by atoms with E-state index in [-0.39, 0.29) is 0 Å². The van der Waals surface area contributed by atoms with Crippen molar-refractivity contribution in [2.75, 3.05) is 24.4 Å². The van der Waals surface area contributed by atoms with E-state index in [0.29, 0.717) is 0 Å². The van der Waals surface area contributed by atoms with Gasteiger partial charge < -0.3 is 4.90 Å². The smallest absolute Gasteiger partial charge is 0.250 e. The zero-order chi connectivity index (χ0) is 13.5. The molecule has 0 N–H and O–H groups in total. The van der Waals surface area contributed by atoms with Crippen LogP contribution in [0.5, 0.6) is 0 Å². The molecule has 0 amide bonds. The molecule has 2 rings (SSSR count). The number of benzene rings is 1. The summed E-state index contributed by atoms with van der Waals surface area (Å²) in [5.74, 6) is 1.49. The SMILES string of the molecule is CN(CCCCCCl)c1nnnn1-c1ccccc1. The average molecular weight is 280 g/mol. The van der Waals surface area contributed by atoms with Crippen molar-refractivity contribution in [1.82, 2.24) is 20.2 Å². The fourth-order valence-corrected chi connectivity index (χ4v) is 2.07. The monoisotopic (exact) mass is 279 g/mol. The molecule has 0 aliphatic carbocycles. The third-order valence-electron chi connectivity index (χ3n) is 2.92. The molecule has 2 aromatic rings. The van der Waals surface area contributed by atoms with E-state index in [2.05, 4.69) is 20.4 Å². The Bertz CT molecular complexity index is 485. The van der Waals surface area contributed by atoms with Gasteiger partial charge in [-0.05, 0) is 35.4 Å². The molecule has 0 bridgehead atoms. The zero-order valence-corrected chi connectivity index (χ0v) is 11.8. The van der Waals surface area contributed by atoms with Crippen LogP contribution < -0.4 is 4.90 Å². The first-order valence-electron chi connectivity index (χ1n) is 6.44. The first-order valence-corrected chi connectivity index (χ1v) is 6.97. The highest BCUT2D eigenvalue weighted by atomic mass is 35.5. The number of aromatic nitrogens is 4. The number of hydrogen-bond donors (Lipinski definition) is 0. The van der Waals surface area contributed by atoms with Crippen molar-refractivity contribution in [3.8, 4) is 5.69 Å². The molecule has 1 heterocycles. The van der Waals surface area contributed by atoms with E-state index in [1.54, 1.807) is 4.68 Å². The fraction of sp³-hybridized carbons (Fsp3) is 0.462. The molecule has 0 saturated carbocycles. The molecular weight excluding hydrogens is 262 g/mol. The summed E-state index contributed by atoms with van der Waals surface area (Å²) >= 11 is 5.67. The highest BCUT2D eigenvalue weighted by molar-refractivity contribution is 6.17. The summed E-state index contributed by atoms with van der Waals surface area (Å²) in [7, 11) is 2.01. The molecule has 5 nitrogen and oxygen atoms in total. The van der Waals surface area contributed by atoms with E-state index in [1.165, 1.54) is 0 Å². The van der Waals surface area contributed by atoms with Crippen LogP contribution in [0.2, 0.25) is 0 Å². The van der Waals surface area contributed by atoms with Gasteiger partial charge in [-0.1, -0.05) is 29.7 Å². The van der Waals surface area contributed by atoms with Gasteiger partial charge in [0.25, 0.3) is 0 Å². The molecule has 0 aliphatic rings. The standard InChI is InChI=1S/C13H18ClN5/c1-18(11-7-3-6-10-14)13-15-16-17-19(13)12-8-4-2-5-9-12/h2,4-5,8-9H,3,6-7,10-11H2,1H3. The summed E-state index contributed by atoms with van der Waals surface area (Å²) in [6, 6.07) is 9.90. The molecule has 1 aromatic carbocycles. The summed E-state index contributed by atoms with van der Waals surface area (Å²) < 4.78 is 1.75. The summed E-state index contributed by atoms with van der Waals surface area (Å²) in [6.45, 7) is 0.921. The molecule has 102 valence electrons. The quantitative estimate of drug-likeness (QED) is 0.577. The van der Waals surface area contributed by atoms with Crippen molar-refractivity contribution in [3.63, 3.8) is 0 Å². The number of nitrogens with zero attached hydrogens (tertiary/aromatic N) is 5. The third-order valence-corrected chi connectivity index (χ3v) is 3.19. The Morgan fingerprint density at radius 3 is 2.68 bits per heavy atom. The largest absolute Gasteiger partial charge is 0.342 e. The van der Waals surface area contributed by atoms with Crippen LogP contribution >= 0.6 is 11.6 Å². The van der Waals surface area contributed by atoms with Gasteiger partial charge >= 0.3 is 0 Å². The van der Waals surface area contributed by atoms with E-state index < -0.39 is 0 Å². The van der Waals surface area contributed by atoms with Gasteiger partial charge in [-0.2, -0.15) is 4.68 Å². The van der Waals surface area contributed by atoms with Gasteiger partial charge in [0.05, 0.1) is 5.69 Å². The lowest BCUT2D eigenvalue weighted by atomic mass is 10.2. The number of alkyl halides is 1. The van der Waals surface area contributed by atoms with Crippen LogP contribution in [-0.2, 0) is 0 Å². The van der Waals surface area contributed by atoms with Gasteiger partial charge in [0.1, 0.15) is 0 Å². The Hall–Kier alpha value is -1.62. The van der Waals surface area contributed by atoms with Crippen LogP contribution in [0.1, 0.15) is 19.3 Å². The van der Waals surface area contributed by atoms with E-state index in [4.69, 9.17) is 11.6 Å². The maximum atomic E-state index is 5.67. The molecule has 0 spiro atoms. The van der Waals surface area contributed by atoms with Crippen LogP contribution in [0, 0.1) is 0 Å². The summed E-state index contributed by atoms with van der Waals surface area (Å²) in [5, 5.41) is 11.9. The number of rotatable bonds is 7. The minimum Gasteiger partial charge on any atom is -0.342 e. The van der Waals surface area contributed by atoms with Gasteiger partial charge in [-0.15, -0.1) is 11.6 Å². The normalized spacial score (nSPS) is 10.6. The lowest BCUT2D eigenvalue weighted by Gasteiger charge is -2.17. The van der Waals surface area contributed by atoms with Gasteiger partial charge in [-0.25, -0.2) is 0 Å². The molecule has 1 aromatic heterocycles. The second-order valence-electron chi connectivity index (χ2n) is 4.40. The molecule has 0 radical (unpaired) electrons. The first-order chi connectivity index (χ1) is 9.33. The minimum absolute atomic E-state index is 0.728. The Kier molecular flexibility index (Phi) is 5.15. The van der Waals surface area contributed by atoms with Crippen molar-refractivity contribution >= 4 is 17.5 Å². The Morgan fingerprint density at radius 2 is 1.95 bits per heavy atom. The van der Waals surface area contributed by atoms with Crippen molar-refractivity contribution < 1.29 is 0 Å². The number of hydrogen-bond acceptors (Lipinski definition) is 4. The predicted molar refractivity (Wildman–Crippen MR) is 77.0 cm³/mol. The molecular formula is C13H18ClN5. The first kappa shape index (κ1) is 13.8. The van der Waals surface area contributed by atoms with Gasteiger partial charge in [0.2, 0.25) is 5.95 Å². The summed E-state index contributed by atoms with van der Waals surface area (Å²) in [5.41, 5.74) is 0.968. The van der Waals surface area contributed by atoms with E-state index in [1.807, 2.05) is 37.4 Å². The molecule has 0 aliphatic heterocycles. The van der Waals surface area contributed by atoms with Crippen LogP contribution in [0.3, 0.4) is 0 Å². The second kappa shape index (κ2) is 7.09. The number of halogens is 1. The predicted octanol–water partition coefficient (Wildman–Crippen LogP) is 2.51. The third kappa shape index (κ3) is 3.67. The molecule has 0 atom stereocenters. The molecule has 0 fully saturated rings. The number of para-hydroxylation sites is 1. The average Bonchev–Trinajstić information content (AvgIpc) is 2.94. The Morgan fingerprint density at radius 1 is 1.16 bits per heavy atom. The van der Waals surface area contributed by atoms with Gasteiger partial charge in [0.15, 0.2) is 0 Å². The van der Waals surface area contributed by atoms with Crippen molar-refractivity contribution in [2.45, 2.75) is 19.3 Å². The molecule has 0 unspecified atom stereocenters. The summed E-state index contributed by atoms with van der Waals surface area (Å²) in [4.78, 5) is 2.07. The topological polar surface area (TPSA) is 46.8 Å². The van der Waals surface area contributed by atoms with E-state index >= 15 is 0 Å². The number of unbranched alkanes of at least 4 members (excludes halogenated alkanes) is 2. The molecule has 6 heteroatoms. The maximum Gasteiger partial charge on any atom is 0.250 e. The lowest BCUT2D eigenvalue weighted by molar-refractivity contribution is 0.690. The van der Waals surface area contributed by atoms with Crippen LogP contribution in [0.25, 0.3) is 5.69 Å². The van der Waals surface area contributed by atoms with Gasteiger partial charge in [-0.3, -0.25) is 0 Å². The highest BCUT2D eigenvalue weighted by Gasteiger charge is 2.11. The molecule has 19 heavy (non-hydrogen) atoms. The fourth-order valence-electron chi connectivity index (χ4n) is 1.88. The minimum atomic E-state index is 0.728. The van der Waals surface area contributed by atoms with Gasteiger partial charge in [0, 0.05) is 19.5 Å². The van der Waals surface area contributed by atoms with Crippen molar-refractivity contribution in [1.29, 1.82) is 0 Å². The van der Waals surface area contributed by atoms with E-state index in [0.717, 1.165) is 43.3 Å². The highest BCUT2D eigenvalue weighted by Crippen LogP contribution is 2.14. The number of tetrazole rings is 1. The van der Waals surface area contributed by atoms with Crippen molar-refractivity contribution in [3.05, 3.63) is 30.3 Å². The molecule has 0 saturated heterocycles. The Balaban J connectivity index is 2.03. The second-order valence-corrected chi connectivity index (χ2v) is 4.78. The van der Waals surface area contributed by atoms with Crippen LogP contribution in [0.15, 0.2) is 30.3 Å². The maximum absolute atomic E-state index is 5.67. The summed E-state index contributed by atoms with van der Waals surface area (Å²) in [6.07, 6.45) is 3.27. The zero-order valence-electron chi connectivity index (χ0n) is 11.0. The number of anilines is 1. The van der Waals surface area contributed by atoms with Crippen LogP contribution in [-0.4, -0.2) is 39.7 Å². The van der Waals surface area contributed by atoms with Crippen molar-refractivity contribution in [2.24, 2.45) is 0 Å². The van der Waals surface area contributed by atoms with Crippen LogP contribution in [0.4, 0.5) is 5.95 Å². The Labute approximate surface area is 118 Å².